The van der Waals surface area contributed by atoms with E-state index in [1.54, 1.807) is 0 Å². The zero-order chi connectivity index (χ0) is 12.0. The van der Waals surface area contributed by atoms with Crippen LogP contribution in [0.4, 0.5) is 0 Å². The number of amides is 1. The molecule has 0 radical (unpaired) electrons. The molecule has 1 amide bonds. The third-order valence-corrected chi connectivity index (χ3v) is 4.56. The van der Waals surface area contributed by atoms with E-state index in [9.17, 15) is 9.90 Å². The molecule has 16 heavy (non-hydrogen) atoms. The minimum atomic E-state index is -0.462. The van der Waals surface area contributed by atoms with Gasteiger partial charge in [-0.2, -0.15) is 0 Å². The molecule has 5 heteroatoms. The summed E-state index contributed by atoms with van der Waals surface area (Å²) in [7, 11) is 0. The number of likely N-dealkylation sites (tertiary alicyclic amines) is 1. The molecule has 96 valence electrons. The average molecular weight is 341 g/mol. The first-order valence-electron chi connectivity index (χ1n) is 6.02. The molecule has 2 N–H and O–H groups in total. The van der Waals surface area contributed by atoms with Gasteiger partial charge in [0.1, 0.15) is 0 Å². The Morgan fingerprint density at radius 3 is 2.94 bits per heavy atom. The Morgan fingerprint density at radius 2 is 2.31 bits per heavy atom. The van der Waals surface area contributed by atoms with E-state index < -0.39 is 6.23 Å². The van der Waals surface area contributed by atoms with Crippen molar-refractivity contribution in [3.05, 3.63) is 0 Å². The molecule has 1 aliphatic heterocycles. The van der Waals surface area contributed by atoms with Gasteiger partial charge in [-0.25, -0.2) is 0 Å². The van der Waals surface area contributed by atoms with Crippen LogP contribution < -0.4 is 25.0 Å². The molecule has 0 bridgehead atoms. The van der Waals surface area contributed by atoms with E-state index in [2.05, 4.69) is 10.5 Å². The first kappa shape index (κ1) is 14.2. The summed E-state index contributed by atoms with van der Waals surface area (Å²) in [5, 5.41) is 9.88. The molecule has 1 fully saturated rings. The van der Waals surface area contributed by atoms with Crippen molar-refractivity contribution in [1.82, 2.24) is 8.43 Å². The van der Waals surface area contributed by atoms with Crippen LogP contribution in [0, 0.1) is 0 Å². The zero-order valence-electron chi connectivity index (χ0n) is 10.1. The summed E-state index contributed by atoms with van der Waals surface area (Å²) in [5.41, 5.74) is 0. The van der Waals surface area contributed by atoms with Crippen LogP contribution in [0.5, 0.6) is 0 Å². The first-order chi connectivity index (χ1) is 7.70. The number of carbonyl (C=O) groups excluding carboxylic acids is 1. The average Bonchev–Trinajstić information content (AvgIpc) is 2.35. The molecule has 0 aromatic rings. The van der Waals surface area contributed by atoms with Gasteiger partial charge >= 0.3 is 108 Å². The molecular weight excluding hydrogens is 319 g/mol. The molecule has 2 atom stereocenters. The van der Waals surface area contributed by atoms with Crippen molar-refractivity contribution in [2.45, 2.75) is 51.8 Å². The predicted octanol–water partition coefficient (Wildman–Crippen LogP) is -2.29. The van der Waals surface area contributed by atoms with Gasteiger partial charge in [-0.05, 0) is 0 Å². The maximum atomic E-state index is 12.0. The fourth-order valence-electron chi connectivity index (χ4n) is 2.02. The SMILES string of the molecule is CC[I-]NC(=O)C1CCCCN1C(O)CC. The molecular formula is C11H22IN2O2-. The number of aliphatic hydroxyl groups is 1. The summed E-state index contributed by atoms with van der Waals surface area (Å²) < 4.78 is 4.09. The molecule has 1 heterocycles. The number of rotatable bonds is 5. The van der Waals surface area contributed by atoms with Crippen molar-refractivity contribution in [3.8, 4) is 0 Å². The van der Waals surface area contributed by atoms with Gasteiger partial charge in [0.15, 0.2) is 0 Å². The standard InChI is InChI=1S/C11H22IN2O2/c1-3-10(15)14-8-6-5-7-9(14)11(16)13-12-4-2/h9-10,15H,3-8H2,1-2H3,(H,13,16)/q-1. The molecule has 1 saturated heterocycles. The van der Waals surface area contributed by atoms with Crippen LogP contribution in [-0.2, 0) is 4.79 Å². The second kappa shape index (κ2) is 7.45. The van der Waals surface area contributed by atoms with Gasteiger partial charge in [-0.3, -0.25) is 0 Å². The number of nitrogens with zero attached hydrogens (tertiary/aromatic N) is 1. The van der Waals surface area contributed by atoms with E-state index in [0.717, 1.165) is 30.2 Å². The van der Waals surface area contributed by atoms with Gasteiger partial charge in [0.05, 0.1) is 0 Å². The Hall–Kier alpha value is 0.120. The molecule has 0 aliphatic carbocycles. The van der Waals surface area contributed by atoms with Crippen molar-refractivity contribution in [1.29, 1.82) is 0 Å². The summed E-state index contributed by atoms with van der Waals surface area (Å²) >= 11 is -0.191. The van der Waals surface area contributed by atoms with Crippen LogP contribution >= 0.6 is 0 Å². The van der Waals surface area contributed by atoms with E-state index in [-0.39, 0.29) is 33.4 Å². The number of hydrogen-bond donors (Lipinski definition) is 2. The molecule has 0 saturated carbocycles. The van der Waals surface area contributed by atoms with E-state index in [0.29, 0.717) is 6.42 Å². The number of aliphatic hydroxyl groups excluding tert-OH is 1. The van der Waals surface area contributed by atoms with Gasteiger partial charge in [0.25, 0.3) is 0 Å². The van der Waals surface area contributed by atoms with Crippen LogP contribution in [0.25, 0.3) is 0 Å². The molecule has 0 aromatic carbocycles. The second-order valence-corrected chi connectivity index (χ2v) is 6.83. The molecule has 1 aliphatic rings. The van der Waals surface area contributed by atoms with Gasteiger partial charge in [-0.1, -0.05) is 0 Å². The Kier molecular flexibility index (Phi) is 6.60. The number of nitrogens with one attached hydrogen (secondary N) is 1. The van der Waals surface area contributed by atoms with Gasteiger partial charge < -0.3 is 0 Å². The Bertz CT molecular complexity index is 226. The molecule has 4 nitrogen and oxygen atoms in total. The van der Waals surface area contributed by atoms with Crippen molar-refractivity contribution in [2.75, 3.05) is 11.0 Å². The predicted molar refractivity (Wildman–Crippen MR) is 59.3 cm³/mol. The van der Waals surface area contributed by atoms with Crippen molar-refractivity contribution in [3.63, 3.8) is 0 Å². The van der Waals surface area contributed by atoms with Gasteiger partial charge in [-0.15, -0.1) is 0 Å². The van der Waals surface area contributed by atoms with Crippen molar-refractivity contribution >= 4 is 5.91 Å². The monoisotopic (exact) mass is 341 g/mol. The molecule has 2 unspecified atom stereocenters. The third-order valence-electron chi connectivity index (χ3n) is 2.89. The third kappa shape index (κ3) is 3.85. The van der Waals surface area contributed by atoms with Gasteiger partial charge in [0.2, 0.25) is 0 Å². The first-order valence-corrected chi connectivity index (χ1v) is 8.62. The number of piperidine rings is 1. The van der Waals surface area contributed by atoms with Crippen molar-refractivity contribution in [2.24, 2.45) is 0 Å². The summed E-state index contributed by atoms with van der Waals surface area (Å²) in [4.78, 5) is 13.9. The Morgan fingerprint density at radius 1 is 1.56 bits per heavy atom. The second-order valence-electron chi connectivity index (χ2n) is 4.00. The fraction of sp³-hybridized carbons (Fsp3) is 0.909. The summed E-state index contributed by atoms with van der Waals surface area (Å²) in [6.07, 6.45) is 3.29. The number of alkyl halides is 1. The number of halogens is 1. The Labute approximate surface area is 108 Å². The summed E-state index contributed by atoms with van der Waals surface area (Å²) in [5.74, 6) is 0.127. The van der Waals surface area contributed by atoms with E-state index in [1.807, 2.05) is 11.8 Å². The minimum absolute atomic E-state index is 0.102. The van der Waals surface area contributed by atoms with E-state index >= 15 is 0 Å². The normalized spacial score (nSPS) is 24.3. The quantitative estimate of drug-likeness (QED) is 0.336. The summed E-state index contributed by atoms with van der Waals surface area (Å²) in [6.45, 7) is 4.89. The number of carbonyl (C=O) groups is 1. The topological polar surface area (TPSA) is 52.6 Å². The molecule has 0 spiro atoms. The maximum absolute atomic E-state index is 12.0. The van der Waals surface area contributed by atoms with Crippen molar-refractivity contribution < 1.29 is 31.4 Å². The van der Waals surface area contributed by atoms with Crippen LogP contribution in [0.15, 0.2) is 0 Å². The van der Waals surface area contributed by atoms with Gasteiger partial charge in [0, 0.05) is 0 Å². The van der Waals surface area contributed by atoms with E-state index in [4.69, 9.17) is 0 Å². The Balaban J connectivity index is 2.55. The summed E-state index contributed by atoms with van der Waals surface area (Å²) in [6, 6.07) is -0.102. The van der Waals surface area contributed by atoms with E-state index in [1.165, 1.54) is 0 Å². The number of hydrogen-bond acceptors (Lipinski definition) is 3. The van der Waals surface area contributed by atoms with Crippen LogP contribution in [0.1, 0.15) is 39.5 Å². The van der Waals surface area contributed by atoms with Crippen LogP contribution in [0.3, 0.4) is 0 Å². The molecule has 1 rings (SSSR count). The van der Waals surface area contributed by atoms with Crippen LogP contribution in [-0.4, -0.2) is 39.2 Å². The zero-order valence-corrected chi connectivity index (χ0v) is 12.2. The molecule has 0 aromatic heterocycles. The fourth-order valence-corrected chi connectivity index (χ4v) is 3.14. The van der Waals surface area contributed by atoms with Crippen LogP contribution in [0.2, 0.25) is 0 Å².